The molecule has 1 aromatic carbocycles. The number of pyridine rings is 1. The summed E-state index contributed by atoms with van der Waals surface area (Å²) in [7, 11) is 0. The highest BCUT2D eigenvalue weighted by Crippen LogP contribution is 2.33. The Morgan fingerprint density at radius 1 is 1.24 bits per heavy atom. The molecule has 1 atom stereocenters. The highest BCUT2D eigenvalue weighted by atomic mass is 16.6. The first-order valence-electron chi connectivity index (χ1n) is 7.92. The van der Waals surface area contributed by atoms with Gasteiger partial charge in [-0.2, -0.15) is 9.38 Å². The van der Waals surface area contributed by atoms with Crippen LogP contribution in [0.3, 0.4) is 0 Å². The van der Waals surface area contributed by atoms with E-state index in [1.54, 1.807) is 24.4 Å². The average molecular weight is 336 g/mol. The SMILES string of the molecule is Cc1c([C@@H](C)Nc2nc3ccccn3c2[N+](=O)[O-])oc2ccccc12. The second-order valence-electron chi connectivity index (χ2n) is 5.92. The predicted octanol–water partition coefficient (Wildman–Crippen LogP) is 4.47. The highest BCUT2D eigenvalue weighted by molar-refractivity contribution is 5.82. The number of nitrogens with zero attached hydrogens (tertiary/aromatic N) is 3. The van der Waals surface area contributed by atoms with Crippen molar-refractivity contribution in [2.75, 3.05) is 5.32 Å². The number of hydrogen-bond donors (Lipinski definition) is 1. The van der Waals surface area contributed by atoms with Crippen LogP contribution in [0.25, 0.3) is 16.6 Å². The summed E-state index contributed by atoms with van der Waals surface area (Å²) in [5.74, 6) is 0.882. The topological polar surface area (TPSA) is 85.6 Å². The lowest BCUT2D eigenvalue weighted by Crippen LogP contribution is -2.09. The van der Waals surface area contributed by atoms with Crippen molar-refractivity contribution in [3.8, 4) is 0 Å². The van der Waals surface area contributed by atoms with Crippen LogP contribution in [0.5, 0.6) is 0 Å². The monoisotopic (exact) mass is 336 g/mol. The number of aromatic nitrogens is 2. The lowest BCUT2D eigenvalue weighted by atomic mass is 10.1. The summed E-state index contributed by atoms with van der Waals surface area (Å²) >= 11 is 0. The van der Waals surface area contributed by atoms with Crippen molar-refractivity contribution in [2.45, 2.75) is 19.9 Å². The van der Waals surface area contributed by atoms with Gasteiger partial charge in [-0.25, -0.2) is 0 Å². The van der Waals surface area contributed by atoms with Crippen LogP contribution in [0.1, 0.15) is 24.3 Å². The molecule has 0 aliphatic heterocycles. The van der Waals surface area contributed by atoms with Crippen LogP contribution < -0.4 is 5.32 Å². The molecule has 0 unspecified atom stereocenters. The van der Waals surface area contributed by atoms with Gasteiger partial charge < -0.3 is 19.8 Å². The quantitative estimate of drug-likeness (QED) is 0.439. The van der Waals surface area contributed by atoms with Crippen molar-refractivity contribution >= 4 is 28.3 Å². The number of fused-ring (bicyclic) bond motifs is 2. The van der Waals surface area contributed by atoms with Gasteiger partial charge in [0, 0.05) is 17.0 Å². The molecule has 3 heterocycles. The molecule has 7 nitrogen and oxygen atoms in total. The maximum absolute atomic E-state index is 11.5. The molecule has 0 aliphatic carbocycles. The Labute approximate surface area is 143 Å². The smallest absolute Gasteiger partial charge is 0.372 e. The van der Waals surface area contributed by atoms with E-state index >= 15 is 0 Å². The summed E-state index contributed by atoms with van der Waals surface area (Å²) in [6, 6.07) is 12.8. The molecule has 4 aromatic rings. The minimum absolute atomic E-state index is 0.0868. The first-order chi connectivity index (χ1) is 12.1. The van der Waals surface area contributed by atoms with Crippen LogP contribution in [-0.2, 0) is 0 Å². The average Bonchev–Trinajstić information content (AvgIpc) is 3.13. The number of hydrogen-bond acceptors (Lipinski definition) is 5. The number of furan rings is 1. The molecule has 0 saturated heterocycles. The summed E-state index contributed by atoms with van der Waals surface area (Å²) in [5, 5.41) is 15.7. The second-order valence-corrected chi connectivity index (χ2v) is 5.92. The van der Waals surface area contributed by atoms with Crippen molar-refractivity contribution in [3.05, 3.63) is 70.1 Å². The van der Waals surface area contributed by atoms with E-state index in [1.807, 2.05) is 38.1 Å². The van der Waals surface area contributed by atoms with Gasteiger partial charge in [0.2, 0.25) is 11.5 Å². The van der Waals surface area contributed by atoms with Crippen LogP contribution in [-0.4, -0.2) is 14.3 Å². The molecule has 126 valence electrons. The third-order valence-electron chi connectivity index (χ3n) is 4.30. The standard InChI is InChI=1S/C18H16N4O3/c1-11-13-7-3-4-8-14(13)25-16(11)12(2)19-17-18(22(23)24)21-10-6-5-9-15(21)20-17/h3-10,12,19H,1-2H3/t12-/m1/s1. The number of benzene rings is 1. The van der Waals surface area contributed by atoms with Gasteiger partial charge in [0.05, 0.1) is 12.2 Å². The van der Waals surface area contributed by atoms with Crippen LogP contribution in [0.4, 0.5) is 11.6 Å². The zero-order chi connectivity index (χ0) is 17.6. The summed E-state index contributed by atoms with van der Waals surface area (Å²) in [6.45, 7) is 3.88. The van der Waals surface area contributed by atoms with E-state index in [9.17, 15) is 10.1 Å². The lowest BCUT2D eigenvalue weighted by Gasteiger charge is -2.11. The van der Waals surface area contributed by atoms with E-state index in [0.717, 1.165) is 22.3 Å². The van der Waals surface area contributed by atoms with Crippen molar-refractivity contribution in [1.82, 2.24) is 9.38 Å². The highest BCUT2D eigenvalue weighted by Gasteiger charge is 2.25. The zero-order valence-corrected chi connectivity index (χ0v) is 13.8. The fourth-order valence-corrected chi connectivity index (χ4v) is 3.13. The van der Waals surface area contributed by atoms with Gasteiger partial charge in [-0.1, -0.05) is 24.3 Å². The van der Waals surface area contributed by atoms with Crippen LogP contribution in [0.15, 0.2) is 53.1 Å². The third-order valence-corrected chi connectivity index (χ3v) is 4.30. The Balaban J connectivity index is 1.76. The Hall–Kier alpha value is -3.35. The number of imidazole rings is 1. The molecular weight excluding hydrogens is 320 g/mol. The Morgan fingerprint density at radius 3 is 2.76 bits per heavy atom. The molecule has 0 radical (unpaired) electrons. The first kappa shape index (κ1) is 15.2. The molecule has 7 heteroatoms. The fraction of sp³-hybridized carbons (Fsp3) is 0.167. The molecule has 0 spiro atoms. The molecular formula is C18H16N4O3. The lowest BCUT2D eigenvalue weighted by molar-refractivity contribution is -0.389. The number of para-hydroxylation sites is 1. The Bertz CT molecular complexity index is 1100. The minimum atomic E-state index is -0.430. The Kier molecular flexibility index (Phi) is 3.42. The maximum Gasteiger partial charge on any atom is 0.372 e. The van der Waals surface area contributed by atoms with Gasteiger partial charge in [0.15, 0.2) is 0 Å². The van der Waals surface area contributed by atoms with E-state index in [1.165, 1.54) is 4.40 Å². The predicted molar refractivity (Wildman–Crippen MR) is 94.8 cm³/mol. The van der Waals surface area contributed by atoms with Crippen molar-refractivity contribution in [2.24, 2.45) is 0 Å². The van der Waals surface area contributed by atoms with Gasteiger partial charge in [-0.05, 0) is 30.9 Å². The van der Waals surface area contributed by atoms with Gasteiger partial charge in [-0.15, -0.1) is 0 Å². The molecule has 4 rings (SSSR count). The summed E-state index contributed by atoms with van der Waals surface area (Å²) < 4.78 is 7.40. The third kappa shape index (κ3) is 2.40. The van der Waals surface area contributed by atoms with Crippen LogP contribution in [0.2, 0.25) is 0 Å². The first-order valence-corrected chi connectivity index (χ1v) is 7.92. The van der Waals surface area contributed by atoms with Crippen molar-refractivity contribution in [3.63, 3.8) is 0 Å². The van der Waals surface area contributed by atoms with E-state index in [4.69, 9.17) is 4.42 Å². The van der Waals surface area contributed by atoms with Gasteiger partial charge >= 0.3 is 5.82 Å². The van der Waals surface area contributed by atoms with Crippen molar-refractivity contribution in [1.29, 1.82) is 0 Å². The molecule has 0 fully saturated rings. The van der Waals surface area contributed by atoms with Gasteiger partial charge in [-0.3, -0.25) is 0 Å². The normalized spacial score (nSPS) is 12.6. The molecule has 0 amide bonds. The van der Waals surface area contributed by atoms with E-state index in [-0.39, 0.29) is 17.7 Å². The van der Waals surface area contributed by atoms with Crippen LogP contribution >= 0.6 is 0 Å². The number of rotatable bonds is 4. The number of nitro groups is 1. The van der Waals surface area contributed by atoms with E-state index < -0.39 is 4.92 Å². The largest absolute Gasteiger partial charge is 0.459 e. The van der Waals surface area contributed by atoms with E-state index in [0.29, 0.717) is 5.65 Å². The number of anilines is 1. The Morgan fingerprint density at radius 2 is 2.00 bits per heavy atom. The number of aryl methyl sites for hydroxylation is 1. The molecule has 0 aliphatic rings. The maximum atomic E-state index is 11.5. The fourth-order valence-electron chi connectivity index (χ4n) is 3.13. The van der Waals surface area contributed by atoms with Gasteiger partial charge in [0.25, 0.3) is 0 Å². The molecule has 3 aromatic heterocycles. The molecule has 0 bridgehead atoms. The summed E-state index contributed by atoms with van der Waals surface area (Å²) in [6.07, 6.45) is 1.63. The summed E-state index contributed by atoms with van der Waals surface area (Å²) in [5.41, 5.74) is 2.33. The van der Waals surface area contributed by atoms with Crippen molar-refractivity contribution < 1.29 is 9.34 Å². The zero-order valence-electron chi connectivity index (χ0n) is 13.8. The van der Waals surface area contributed by atoms with Crippen LogP contribution in [0, 0.1) is 17.0 Å². The number of nitrogens with one attached hydrogen (secondary N) is 1. The minimum Gasteiger partial charge on any atom is -0.459 e. The molecule has 1 N–H and O–H groups in total. The summed E-state index contributed by atoms with van der Waals surface area (Å²) in [4.78, 5) is 15.4. The van der Waals surface area contributed by atoms with Gasteiger partial charge in [0.1, 0.15) is 11.3 Å². The van der Waals surface area contributed by atoms with E-state index in [2.05, 4.69) is 10.3 Å². The second kappa shape index (κ2) is 5.62. The molecule has 0 saturated carbocycles. The molecule has 25 heavy (non-hydrogen) atoms.